The fraction of sp³-hybridized carbons (Fsp3) is 0.133. The van der Waals surface area contributed by atoms with Crippen molar-refractivity contribution >= 4 is 15.9 Å². The van der Waals surface area contributed by atoms with Crippen molar-refractivity contribution in [2.24, 2.45) is 0 Å². The van der Waals surface area contributed by atoms with Gasteiger partial charge in [-0.25, -0.2) is 0 Å². The number of ether oxygens (including phenoxy) is 2. The van der Waals surface area contributed by atoms with Gasteiger partial charge in [0.05, 0.1) is 5.56 Å². The molecular formula is C15H12BrNO2. The van der Waals surface area contributed by atoms with Gasteiger partial charge in [0, 0.05) is 4.47 Å². The van der Waals surface area contributed by atoms with E-state index < -0.39 is 0 Å². The Morgan fingerprint density at radius 2 is 1.74 bits per heavy atom. The lowest BCUT2D eigenvalue weighted by molar-refractivity contribution is 0.217. The Morgan fingerprint density at radius 1 is 1.00 bits per heavy atom. The molecule has 19 heavy (non-hydrogen) atoms. The molecule has 0 N–H and O–H groups in total. The van der Waals surface area contributed by atoms with Crippen LogP contribution >= 0.6 is 15.9 Å². The van der Waals surface area contributed by atoms with Gasteiger partial charge in [0.2, 0.25) is 0 Å². The lowest BCUT2D eigenvalue weighted by Crippen LogP contribution is -2.09. The van der Waals surface area contributed by atoms with Crippen LogP contribution in [0.1, 0.15) is 5.56 Å². The number of benzene rings is 2. The van der Waals surface area contributed by atoms with E-state index in [2.05, 4.69) is 22.0 Å². The minimum Gasteiger partial charge on any atom is -0.490 e. The summed E-state index contributed by atoms with van der Waals surface area (Å²) in [5.74, 6) is 1.38. The second-order valence-electron chi connectivity index (χ2n) is 3.76. The van der Waals surface area contributed by atoms with Crippen LogP contribution in [0.25, 0.3) is 0 Å². The summed E-state index contributed by atoms with van der Waals surface area (Å²) in [4.78, 5) is 0. The van der Waals surface area contributed by atoms with E-state index in [1.807, 2.05) is 36.4 Å². The van der Waals surface area contributed by atoms with Crippen LogP contribution in [0.15, 0.2) is 53.0 Å². The number of para-hydroxylation sites is 1. The molecule has 0 aliphatic heterocycles. The van der Waals surface area contributed by atoms with Crippen LogP contribution < -0.4 is 9.47 Å². The molecule has 0 spiro atoms. The highest BCUT2D eigenvalue weighted by atomic mass is 79.9. The average Bonchev–Trinajstić information content (AvgIpc) is 2.46. The third-order valence-electron chi connectivity index (χ3n) is 2.41. The van der Waals surface area contributed by atoms with Crippen molar-refractivity contribution < 1.29 is 9.47 Å². The first kappa shape index (κ1) is 13.4. The molecule has 4 heteroatoms. The summed E-state index contributed by atoms with van der Waals surface area (Å²) in [5.41, 5.74) is 0.508. The van der Waals surface area contributed by atoms with Crippen molar-refractivity contribution in [2.75, 3.05) is 13.2 Å². The van der Waals surface area contributed by atoms with Crippen molar-refractivity contribution in [1.29, 1.82) is 5.26 Å². The van der Waals surface area contributed by atoms with E-state index in [0.717, 1.165) is 10.2 Å². The Labute approximate surface area is 120 Å². The molecular weight excluding hydrogens is 306 g/mol. The second-order valence-corrected chi connectivity index (χ2v) is 4.68. The second kappa shape index (κ2) is 6.81. The molecule has 2 aromatic rings. The molecule has 2 rings (SSSR count). The smallest absolute Gasteiger partial charge is 0.137 e. The fourth-order valence-electron chi connectivity index (χ4n) is 1.54. The quantitative estimate of drug-likeness (QED) is 0.788. The summed E-state index contributed by atoms with van der Waals surface area (Å²) in [6.07, 6.45) is 0. The number of nitrogens with zero attached hydrogens (tertiary/aromatic N) is 1. The summed E-state index contributed by atoms with van der Waals surface area (Å²) in [7, 11) is 0. The van der Waals surface area contributed by atoms with Gasteiger partial charge in [-0.15, -0.1) is 0 Å². The Bertz CT molecular complexity index is 578. The third kappa shape index (κ3) is 4.01. The number of hydrogen-bond acceptors (Lipinski definition) is 3. The minimum atomic E-state index is 0.394. The average molecular weight is 318 g/mol. The summed E-state index contributed by atoms with van der Waals surface area (Å²) < 4.78 is 11.9. The Morgan fingerprint density at radius 3 is 2.47 bits per heavy atom. The van der Waals surface area contributed by atoms with Gasteiger partial charge in [-0.2, -0.15) is 5.26 Å². The predicted octanol–water partition coefficient (Wildman–Crippen LogP) is 3.78. The summed E-state index contributed by atoms with van der Waals surface area (Å²) >= 11 is 3.32. The van der Waals surface area contributed by atoms with Crippen LogP contribution in [-0.4, -0.2) is 13.2 Å². The summed E-state index contributed by atoms with van der Waals surface area (Å²) in [5, 5.41) is 9.00. The first-order valence-corrected chi connectivity index (χ1v) is 6.59. The number of halogens is 1. The summed E-state index contributed by atoms with van der Waals surface area (Å²) in [6, 6.07) is 17.0. The van der Waals surface area contributed by atoms with Crippen LogP contribution in [0.3, 0.4) is 0 Å². The van der Waals surface area contributed by atoms with E-state index in [1.54, 1.807) is 12.1 Å². The highest BCUT2D eigenvalue weighted by Crippen LogP contribution is 2.22. The number of hydrogen-bond donors (Lipinski definition) is 0. The molecule has 0 aromatic heterocycles. The molecule has 0 amide bonds. The highest BCUT2D eigenvalue weighted by molar-refractivity contribution is 9.10. The van der Waals surface area contributed by atoms with Crippen molar-refractivity contribution in [3.8, 4) is 17.6 Å². The maximum Gasteiger partial charge on any atom is 0.137 e. The van der Waals surface area contributed by atoms with Gasteiger partial charge >= 0.3 is 0 Å². The van der Waals surface area contributed by atoms with Crippen LogP contribution in [-0.2, 0) is 0 Å². The van der Waals surface area contributed by atoms with Crippen LogP contribution in [0.4, 0.5) is 0 Å². The van der Waals surface area contributed by atoms with E-state index >= 15 is 0 Å². The molecule has 2 aromatic carbocycles. The SMILES string of the molecule is N#Cc1cc(Br)ccc1OCCOc1ccccc1. The van der Waals surface area contributed by atoms with Crippen molar-refractivity contribution in [1.82, 2.24) is 0 Å². The van der Waals surface area contributed by atoms with Crippen LogP contribution in [0.5, 0.6) is 11.5 Å². The molecule has 0 fully saturated rings. The lowest BCUT2D eigenvalue weighted by atomic mass is 10.2. The largest absolute Gasteiger partial charge is 0.490 e. The van der Waals surface area contributed by atoms with Crippen molar-refractivity contribution in [2.45, 2.75) is 0 Å². The van der Waals surface area contributed by atoms with Gasteiger partial charge in [0.15, 0.2) is 0 Å². The predicted molar refractivity (Wildman–Crippen MR) is 76.3 cm³/mol. The molecule has 0 atom stereocenters. The molecule has 3 nitrogen and oxygen atoms in total. The standard InChI is InChI=1S/C15H12BrNO2/c16-13-6-7-15(12(10-13)11-17)19-9-8-18-14-4-2-1-3-5-14/h1-7,10H,8-9H2. The first-order valence-electron chi connectivity index (χ1n) is 5.80. The van der Waals surface area contributed by atoms with Crippen LogP contribution in [0.2, 0.25) is 0 Å². The van der Waals surface area contributed by atoms with Gasteiger partial charge in [-0.05, 0) is 30.3 Å². The van der Waals surface area contributed by atoms with Gasteiger partial charge in [-0.3, -0.25) is 0 Å². The van der Waals surface area contributed by atoms with Crippen molar-refractivity contribution in [3.05, 3.63) is 58.6 Å². The van der Waals surface area contributed by atoms with Gasteiger partial charge in [0.25, 0.3) is 0 Å². The third-order valence-corrected chi connectivity index (χ3v) is 2.91. The van der Waals surface area contributed by atoms with E-state index in [-0.39, 0.29) is 0 Å². The molecule has 0 saturated carbocycles. The summed E-state index contributed by atoms with van der Waals surface area (Å²) in [6.45, 7) is 0.830. The maximum atomic E-state index is 9.00. The topological polar surface area (TPSA) is 42.2 Å². The molecule has 0 unspecified atom stereocenters. The fourth-order valence-corrected chi connectivity index (χ4v) is 1.90. The Balaban J connectivity index is 1.85. The zero-order valence-corrected chi connectivity index (χ0v) is 11.8. The van der Waals surface area contributed by atoms with E-state index in [0.29, 0.717) is 24.5 Å². The first-order chi connectivity index (χ1) is 9.29. The normalized spacial score (nSPS) is 9.68. The van der Waals surface area contributed by atoms with Gasteiger partial charge < -0.3 is 9.47 Å². The van der Waals surface area contributed by atoms with E-state index in [1.165, 1.54) is 0 Å². The molecule has 96 valence electrons. The molecule has 0 aliphatic rings. The molecule has 0 bridgehead atoms. The molecule has 0 aliphatic carbocycles. The van der Waals surface area contributed by atoms with E-state index in [9.17, 15) is 0 Å². The zero-order chi connectivity index (χ0) is 13.5. The van der Waals surface area contributed by atoms with E-state index in [4.69, 9.17) is 14.7 Å². The molecule has 0 saturated heterocycles. The Hall–Kier alpha value is -1.99. The van der Waals surface area contributed by atoms with Crippen molar-refractivity contribution in [3.63, 3.8) is 0 Å². The zero-order valence-electron chi connectivity index (χ0n) is 10.2. The molecule has 0 radical (unpaired) electrons. The highest BCUT2D eigenvalue weighted by Gasteiger charge is 2.03. The Kier molecular flexibility index (Phi) is 4.82. The van der Waals surface area contributed by atoms with Gasteiger partial charge in [-0.1, -0.05) is 34.1 Å². The maximum absolute atomic E-state index is 9.00. The lowest BCUT2D eigenvalue weighted by Gasteiger charge is -2.09. The number of nitriles is 1. The molecule has 0 heterocycles. The monoisotopic (exact) mass is 317 g/mol. The van der Waals surface area contributed by atoms with Gasteiger partial charge in [0.1, 0.15) is 30.8 Å². The van der Waals surface area contributed by atoms with Crippen LogP contribution in [0, 0.1) is 11.3 Å². The minimum absolute atomic E-state index is 0.394. The number of rotatable bonds is 5.